The smallest absolute Gasteiger partial charge is 0.319 e. The van der Waals surface area contributed by atoms with Crippen LogP contribution in [0.5, 0.6) is 5.75 Å². The Bertz CT molecular complexity index is 400. The zero-order chi connectivity index (χ0) is 13.0. The fourth-order valence-corrected chi connectivity index (χ4v) is 1.43. The number of methoxy groups -OCH3 is 1. The van der Waals surface area contributed by atoms with Crippen LogP contribution in [0.25, 0.3) is 0 Å². The van der Waals surface area contributed by atoms with Crippen LogP contribution in [0.1, 0.15) is 11.6 Å². The van der Waals surface area contributed by atoms with E-state index in [9.17, 15) is 9.59 Å². The monoisotopic (exact) mass is 239 g/mol. The lowest BCUT2D eigenvalue weighted by Crippen LogP contribution is -2.34. The minimum absolute atomic E-state index is 0.431. The van der Waals surface area contributed by atoms with E-state index in [1.165, 1.54) is 7.11 Å². The minimum atomic E-state index is -1.66. The molecule has 0 spiro atoms. The van der Waals surface area contributed by atoms with E-state index in [0.29, 0.717) is 11.3 Å². The largest absolute Gasteiger partial charge is 0.497 e. The van der Waals surface area contributed by atoms with E-state index < -0.39 is 23.9 Å². The molecule has 0 aromatic heterocycles. The first-order chi connectivity index (χ1) is 7.97. The van der Waals surface area contributed by atoms with Crippen LogP contribution in [0.15, 0.2) is 24.3 Å². The molecule has 1 rings (SSSR count). The number of nitrogens with two attached hydrogens (primary N) is 1. The molecule has 0 aliphatic carbocycles. The molecule has 0 aliphatic rings. The number of rotatable bonds is 5. The molecule has 0 radical (unpaired) electrons. The van der Waals surface area contributed by atoms with Crippen molar-refractivity contribution < 1.29 is 24.5 Å². The number of hydrogen-bond acceptors (Lipinski definition) is 4. The van der Waals surface area contributed by atoms with Crippen LogP contribution in [0.4, 0.5) is 0 Å². The third kappa shape index (κ3) is 2.94. The molecule has 0 heterocycles. The molecule has 0 saturated carbocycles. The predicted molar refractivity (Wildman–Crippen MR) is 58.7 cm³/mol. The highest BCUT2D eigenvalue weighted by Gasteiger charge is 2.33. The zero-order valence-corrected chi connectivity index (χ0v) is 9.16. The molecule has 0 amide bonds. The molecule has 0 aliphatic heterocycles. The van der Waals surface area contributed by atoms with Crippen molar-refractivity contribution in [2.75, 3.05) is 7.11 Å². The highest BCUT2D eigenvalue weighted by Crippen LogP contribution is 2.22. The number of ether oxygens (including phenoxy) is 1. The molecule has 0 bridgehead atoms. The average Bonchev–Trinajstić information content (AvgIpc) is 2.28. The Kier molecular flexibility index (Phi) is 4.06. The number of carboxylic acids is 2. The lowest BCUT2D eigenvalue weighted by molar-refractivity contribution is -0.155. The lowest BCUT2D eigenvalue weighted by atomic mass is 9.94. The van der Waals surface area contributed by atoms with E-state index in [1.54, 1.807) is 24.3 Å². The van der Waals surface area contributed by atoms with Crippen LogP contribution >= 0.6 is 0 Å². The van der Waals surface area contributed by atoms with Crippen LogP contribution in [0, 0.1) is 5.92 Å². The molecule has 0 fully saturated rings. The maximum absolute atomic E-state index is 10.8. The van der Waals surface area contributed by atoms with Gasteiger partial charge in [-0.05, 0) is 17.7 Å². The van der Waals surface area contributed by atoms with Crippen molar-refractivity contribution >= 4 is 11.9 Å². The normalized spacial score (nSPS) is 12.2. The number of hydrogen-bond donors (Lipinski definition) is 3. The molecular formula is C11H13NO5. The van der Waals surface area contributed by atoms with E-state index in [-0.39, 0.29) is 0 Å². The van der Waals surface area contributed by atoms with E-state index in [4.69, 9.17) is 20.7 Å². The van der Waals surface area contributed by atoms with E-state index in [2.05, 4.69) is 0 Å². The fourth-order valence-electron chi connectivity index (χ4n) is 1.43. The molecular weight excluding hydrogens is 226 g/mol. The summed E-state index contributed by atoms with van der Waals surface area (Å²) in [5.41, 5.74) is 6.06. The zero-order valence-electron chi connectivity index (χ0n) is 9.16. The molecule has 1 atom stereocenters. The number of aliphatic carboxylic acids is 2. The van der Waals surface area contributed by atoms with Gasteiger partial charge in [-0.1, -0.05) is 12.1 Å². The van der Waals surface area contributed by atoms with Crippen LogP contribution in [-0.4, -0.2) is 29.3 Å². The van der Waals surface area contributed by atoms with Crippen LogP contribution in [0.2, 0.25) is 0 Å². The van der Waals surface area contributed by atoms with Crippen molar-refractivity contribution in [3.05, 3.63) is 29.8 Å². The molecule has 6 heteroatoms. The Balaban J connectivity index is 2.97. The summed E-state index contributed by atoms with van der Waals surface area (Å²) in [5, 5.41) is 17.6. The summed E-state index contributed by atoms with van der Waals surface area (Å²) in [6.07, 6.45) is 0. The first-order valence-corrected chi connectivity index (χ1v) is 4.82. The SMILES string of the molecule is COc1ccc(C(N)C(C(=O)O)C(=O)O)cc1. The van der Waals surface area contributed by atoms with Crippen LogP contribution < -0.4 is 10.5 Å². The summed E-state index contributed by atoms with van der Waals surface area (Å²) < 4.78 is 4.93. The van der Waals surface area contributed by atoms with Crippen molar-refractivity contribution in [1.82, 2.24) is 0 Å². The maximum atomic E-state index is 10.8. The number of carboxylic acid groups (broad SMARTS) is 2. The summed E-state index contributed by atoms with van der Waals surface area (Å²) in [7, 11) is 1.49. The van der Waals surface area contributed by atoms with Crippen LogP contribution in [0.3, 0.4) is 0 Å². The van der Waals surface area contributed by atoms with Crippen molar-refractivity contribution in [3.63, 3.8) is 0 Å². The van der Waals surface area contributed by atoms with Gasteiger partial charge >= 0.3 is 11.9 Å². The Morgan fingerprint density at radius 3 is 2.00 bits per heavy atom. The van der Waals surface area contributed by atoms with Crippen molar-refractivity contribution in [2.24, 2.45) is 11.7 Å². The molecule has 1 unspecified atom stereocenters. The quantitative estimate of drug-likeness (QED) is 0.644. The van der Waals surface area contributed by atoms with E-state index in [0.717, 1.165) is 0 Å². The van der Waals surface area contributed by atoms with Gasteiger partial charge in [0.1, 0.15) is 5.75 Å². The van der Waals surface area contributed by atoms with Crippen molar-refractivity contribution in [3.8, 4) is 5.75 Å². The number of benzene rings is 1. The van der Waals surface area contributed by atoms with Crippen molar-refractivity contribution in [2.45, 2.75) is 6.04 Å². The summed E-state index contributed by atoms with van der Waals surface area (Å²) in [6, 6.07) is 5.17. The summed E-state index contributed by atoms with van der Waals surface area (Å²) in [5.74, 6) is -3.99. The van der Waals surface area contributed by atoms with Gasteiger partial charge in [0, 0.05) is 0 Å². The minimum Gasteiger partial charge on any atom is -0.497 e. The van der Waals surface area contributed by atoms with E-state index in [1.807, 2.05) is 0 Å². The van der Waals surface area contributed by atoms with Gasteiger partial charge in [-0.2, -0.15) is 0 Å². The Labute approximate surface area is 97.6 Å². The molecule has 1 aromatic carbocycles. The first-order valence-electron chi connectivity index (χ1n) is 4.82. The van der Waals surface area contributed by atoms with Crippen LogP contribution in [-0.2, 0) is 9.59 Å². The predicted octanol–water partition coefficient (Wildman–Crippen LogP) is 0.480. The van der Waals surface area contributed by atoms with Gasteiger partial charge in [0.2, 0.25) is 0 Å². The highest BCUT2D eigenvalue weighted by molar-refractivity contribution is 5.93. The van der Waals surface area contributed by atoms with Gasteiger partial charge in [-0.25, -0.2) is 0 Å². The summed E-state index contributed by atoms with van der Waals surface area (Å²) >= 11 is 0. The third-order valence-electron chi connectivity index (χ3n) is 2.39. The average molecular weight is 239 g/mol. The van der Waals surface area contributed by atoms with Gasteiger partial charge in [0.15, 0.2) is 5.92 Å². The lowest BCUT2D eigenvalue weighted by Gasteiger charge is -2.16. The maximum Gasteiger partial charge on any atom is 0.319 e. The highest BCUT2D eigenvalue weighted by atomic mass is 16.5. The number of carbonyl (C=O) groups is 2. The topological polar surface area (TPSA) is 110 Å². The Hall–Kier alpha value is -2.08. The third-order valence-corrected chi connectivity index (χ3v) is 2.39. The van der Waals surface area contributed by atoms with Gasteiger partial charge in [0.25, 0.3) is 0 Å². The molecule has 17 heavy (non-hydrogen) atoms. The Morgan fingerprint density at radius 2 is 1.65 bits per heavy atom. The molecule has 92 valence electrons. The summed E-state index contributed by atoms with van der Waals surface area (Å²) in [4.78, 5) is 21.6. The second kappa shape index (κ2) is 5.31. The van der Waals surface area contributed by atoms with E-state index >= 15 is 0 Å². The second-order valence-electron chi connectivity index (χ2n) is 3.45. The molecule has 1 aromatic rings. The molecule has 0 saturated heterocycles. The second-order valence-corrected chi connectivity index (χ2v) is 3.45. The van der Waals surface area contributed by atoms with Gasteiger partial charge in [0.05, 0.1) is 13.2 Å². The first kappa shape index (κ1) is 13.0. The van der Waals surface area contributed by atoms with Crippen molar-refractivity contribution in [1.29, 1.82) is 0 Å². The van der Waals surface area contributed by atoms with Gasteiger partial charge in [-0.3, -0.25) is 9.59 Å². The van der Waals surface area contributed by atoms with Gasteiger partial charge in [-0.15, -0.1) is 0 Å². The molecule has 6 nitrogen and oxygen atoms in total. The standard InChI is InChI=1S/C11H13NO5/c1-17-7-4-2-6(3-5-7)9(12)8(10(13)14)11(15)16/h2-5,8-9H,12H2,1H3,(H,13,14)(H,15,16). The molecule has 4 N–H and O–H groups in total. The fraction of sp³-hybridized carbons (Fsp3) is 0.273. The summed E-state index contributed by atoms with van der Waals surface area (Å²) in [6.45, 7) is 0. The van der Waals surface area contributed by atoms with Gasteiger partial charge < -0.3 is 20.7 Å². The Morgan fingerprint density at radius 1 is 1.18 bits per heavy atom.